The molecule has 3 amide bonds. The maximum atomic E-state index is 14.3. The summed E-state index contributed by atoms with van der Waals surface area (Å²) in [5, 5.41) is 6.97. The van der Waals surface area contributed by atoms with Gasteiger partial charge in [-0.05, 0) is 59.0 Å². The normalized spacial score (nSPS) is 13.2. The van der Waals surface area contributed by atoms with Gasteiger partial charge in [-0.15, -0.1) is 0 Å². The number of hydrogen-bond donors (Lipinski definition) is 2. The third-order valence-electron chi connectivity index (χ3n) is 7.90. The van der Waals surface area contributed by atoms with Gasteiger partial charge in [-0.25, -0.2) is 0 Å². The standard InChI is InChI=1S/C36H42N4O3/c1-36(2,37)21-11-18-33(41)39(4)32(24-29-16-10-15-27-13-8-9-17-30(27)29)35(43)40(5)31(34(42)38-3)23-25-19-20-26-12-6-7-14-28(26)22-25/h6-20,22,31-32H,21,23-24,37H2,1-5H3,(H,38,42)/b18-11+. The van der Waals surface area contributed by atoms with Crippen molar-refractivity contribution in [2.24, 2.45) is 5.73 Å². The van der Waals surface area contributed by atoms with Crippen molar-refractivity contribution in [1.82, 2.24) is 15.1 Å². The van der Waals surface area contributed by atoms with Gasteiger partial charge in [0, 0.05) is 39.5 Å². The Labute approximate surface area is 254 Å². The predicted octanol–water partition coefficient (Wildman–Crippen LogP) is 4.86. The second-order valence-corrected chi connectivity index (χ2v) is 11.9. The fourth-order valence-electron chi connectivity index (χ4n) is 5.35. The largest absolute Gasteiger partial charge is 0.357 e. The lowest BCUT2D eigenvalue weighted by molar-refractivity contribution is -0.146. The molecule has 4 aromatic carbocycles. The summed E-state index contributed by atoms with van der Waals surface area (Å²) in [7, 11) is 4.85. The Morgan fingerprint density at radius 1 is 0.814 bits per heavy atom. The Morgan fingerprint density at radius 2 is 1.47 bits per heavy atom. The fraction of sp³-hybridized carbons (Fsp3) is 0.306. The van der Waals surface area contributed by atoms with Gasteiger partial charge in [0.05, 0.1) is 0 Å². The highest BCUT2D eigenvalue weighted by Gasteiger charge is 2.34. The van der Waals surface area contributed by atoms with Crippen LogP contribution < -0.4 is 11.1 Å². The topological polar surface area (TPSA) is 95.7 Å². The Hall–Kier alpha value is -4.49. The third kappa shape index (κ3) is 7.87. The van der Waals surface area contributed by atoms with Crippen LogP contribution in [0, 0.1) is 0 Å². The molecule has 2 unspecified atom stereocenters. The molecule has 43 heavy (non-hydrogen) atoms. The number of nitrogens with two attached hydrogens (primary N) is 1. The summed E-state index contributed by atoms with van der Waals surface area (Å²) >= 11 is 0. The van der Waals surface area contributed by atoms with Crippen LogP contribution in [0.4, 0.5) is 0 Å². The van der Waals surface area contributed by atoms with E-state index in [1.165, 1.54) is 15.9 Å². The molecule has 0 saturated heterocycles. The molecule has 7 heteroatoms. The van der Waals surface area contributed by atoms with Crippen molar-refractivity contribution in [2.45, 2.75) is 50.7 Å². The summed E-state index contributed by atoms with van der Waals surface area (Å²) in [5.74, 6) is -0.889. The third-order valence-corrected chi connectivity index (χ3v) is 7.90. The quantitative estimate of drug-likeness (QED) is 0.249. The molecule has 0 radical (unpaired) electrons. The monoisotopic (exact) mass is 578 g/mol. The zero-order chi connectivity index (χ0) is 31.1. The number of rotatable bonds is 11. The van der Waals surface area contributed by atoms with E-state index in [0.29, 0.717) is 19.3 Å². The summed E-state index contributed by atoms with van der Waals surface area (Å²) in [4.78, 5) is 43.9. The molecule has 4 rings (SSSR count). The average Bonchev–Trinajstić information content (AvgIpc) is 3.00. The van der Waals surface area contributed by atoms with Crippen LogP contribution in [-0.2, 0) is 27.2 Å². The lowest BCUT2D eigenvalue weighted by atomic mass is 9.96. The van der Waals surface area contributed by atoms with Crippen LogP contribution in [0.15, 0.2) is 97.1 Å². The van der Waals surface area contributed by atoms with Crippen molar-refractivity contribution in [3.8, 4) is 0 Å². The molecule has 224 valence electrons. The molecule has 0 spiro atoms. The van der Waals surface area contributed by atoms with Crippen LogP contribution in [0.3, 0.4) is 0 Å². The summed E-state index contributed by atoms with van der Waals surface area (Å²) in [6.45, 7) is 3.78. The molecule has 0 aliphatic heterocycles. The number of carbonyl (C=O) groups excluding carboxylic acids is 3. The smallest absolute Gasteiger partial charge is 0.246 e. The van der Waals surface area contributed by atoms with Crippen molar-refractivity contribution in [1.29, 1.82) is 0 Å². The number of carbonyl (C=O) groups is 3. The Kier molecular flexibility index (Phi) is 9.99. The van der Waals surface area contributed by atoms with Crippen molar-refractivity contribution < 1.29 is 14.4 Å². The molecule has 0 bridgehead atoms. The molecular weight excluding hydrogens is 536 g/mol. The van der Waals surface area contributed by atoms with Gasteiger partial charge in [-0.3, -0.25) is 14.4 Å². The summed E-state index contributed by atoms with van der Waals surface area (Å²) in [5.41, 5.74) is 7.52. The van der Waals surface area contributed by atoms with E-state index in [4.69, 9.17) is 5.73 Å². The van der Waals surface area contributed by atoms with E-state index in [9.17, 15) is 14.4 Å². The first-order valence-corrected chi connectivity index (χ1v) is 14.6. The molecule has 0 aromatic heterocycles. The van der Waals surface area contributed by atoms with Crippen LogP contribution in [-0.4, -0.2) is 66.3 Å². The molecule has 0 heterocycles. The maximum absolute atomic E-state index is 14.3. The van der Waals surface area contributed by atoms with Crippen LogP contribution >= 0.6 is 0 Å². The molecule has 0 aliphatic rings. The molecular formula is C36H42N4O3. The van der Waals surface area contributed by atoms with Gasteiger partial charge in [-0.2, -0.15) is 0 Å². The van der Waals surface area contributed by atoms with Crippen LogP contribution in [0.25, 0.3) is 21.5 Å². The zero-order valence-corrected chi connectivity index (χ0v) is 25.7. The van der Waals surface area contributed by atoms with E-state index in [2.05, 4.69) is 11.4 Å². The minimum absolute atomic E-state index is 0.271. The van der Waals surface area contributed by atoms with E-state index in [-0.39, 0.29) is 17.7 Å². The van der Waals surface area contributed by atoms with Crippen molar-refractivity contribution in [3.05, 3.63) is 108 Å². The molecule has 0 saturated carbocycles. The van der Waals surface area contributed by atoms with Crippen molar-refractivity contribution >= 4 is 39.3 Å². The van der Waals surface area contributed by atoms with Gasteiger partial charge < -0.3 is 20.9 Å². The zero-order valence-electron chi connectivity index (χ0n) is 25.7. The van der Waals surface area contributed by atoms with E-state index >= 15 is 0 Å². The molecule has 4 aromatic rings. The van der Waals surface area contributed by atoms with Crippen molar-refractivity contribution in [3.63, 3.8) is 0 Å². The minimum atomic E-state index is -0.845. The summed E-state index contributed by atoms with van der Waals surface area (Å²) < 4.78 is 0. The van der Waals surface area contributed by atoms with Gasteiger partial charge >= 0.3 is 0 Å². The number of likely N-dealkylation sites (N-methyl/N-ethyl adjacent to an activating group) is 3. The van der Waals surface area contributed by atoms with E-state index in [1.807, 2.05) is 92.7 Å². The average molecular weight is 579 g/mol. The Bertz CT molecular complexity index is 1630. The molecule has 3 N–H and O–H groups in total. The summed E-state index contributed by atoms with van der Waals surface area (Å²) in [6, 6.07) is 26.4. The first-order valence-electron chi connectivity index (χ1n) is 14.6. The van der Waals surface area contributed by atoms with Gasteiger partial charge in [0.1, 0.15) is 12.1 Å². The number of amides is 3. The highest BCUT2D eigenvalue weighted by molar-refractivity contribution is 5.96. The number of benzene rings is 4. The predicted molar refractivity (Wildman–Crippen MR) is 175 cm³/mol. The van der Waals surface area contributed by atoms with Crippen LogP contribution in [0.5, 0.6) is 0 Å². The molecule has 7 nitrogen and oxygen atoms in total. The van der Waals surface area contributed by atoms with Gasteiger partial charge in [0.2, 0.25) is 17.7 Å². The van der Waals surface area contributed by atoms with Crippen molar-refractivity contribution in [2.75, 3.05) is 21.1 Å². The number of nitrogens with zero attached hydrogens (tertiary/aromatic N) is 2. The maximum Gasteiger partial charge on any atom is 0.246 e. The lowest BCUT2D eigenvalue weighted by Gasteiger charge is -2.34. The van der Waals surface area contributed by atoms with Gasteiger partial charge in [0.15, 0.2) is 0 Å². The summed E-state index contributed by atoms with van der Waals surface area (Å²) in [6.07, 6.45) is 4.35. The number of nitrogens with one attached hydrogen (secondary N) is 1. The molecule has 0 fully saturated rings. The first-order chi connectivity index (χ1) is 20.5. The Morgan fingerprint density at radius 3 is 2.16 bits per heavy atom. The highest BCUT2D eigenvalue weighted by Crippen LogP contribution is 2.23. The van der Waals surface area contributed by atoms with Crippen LogP contribution in [0.2, 0.25) is 0 Å². The van der Waals surface area contributed by atoms with E-state index in [0.717, 1.165) is 32.7 Å². The molecule has 2 atom stereocenters. The fourth-order valence-corrected chi connectivity index (χ4v) is 5.35. The minimum Gasteiger partial charge on any atom is -0.357 e. The number of hydrogen-bond acceptors (Lipinski definition) is 4. The second-order valence-electron chi connectivity index (χ2n) is 11.9. The highest BCUT2D eigenvalue weighted by atomic mass is 16.2. The second kappa shape index (κ2) is 13.7. The lowest BCUT2D eigenvalue weighted by Crippen LogP contribution is -2.55. The Balaban J connectivity index is 1.67. The van der Waals surface area contributed by atoms with Gasteiger partial charge in [0.25, 0.3) is 0 Å². The van der Waals surface area contributed by atoms with Crippen LogP contribution in [0.1, 0.15) is 31.4 Å². The van der Waals surface area contributed by atoms with E-state index in [1.54, 1.807) is 27.2 Å². The van der Waals surface area contributed by atoms with E-state index < -0.39 is 17.6 Å². The first kappa shape index (κ1) is 31.4. The SMILES string of the molecule is CNC(=O)C(Cc1ccc2ccccc2c1)N(C)C(=O)C(Cc1cccc2ccccc12)N(C)C(=O)/C=C/CC(C)(C)N. The number of fused-ring (bicyclic) bond motifs is 2. The van der Waals surface area contributed by atoms with Gasteiger partial charge in [-0.1, -0.05) is 91.0 Å². The molecule has 0 aliphatic carbocycles.